The van der Waals surface area contributed by atoms with E-state index in [2.05, 4.69) is 20.4 Å². The van der Waals surface area contributed by atoms with Gasteiger partial charge in [0.25, 0.3) is 0 Å². The number of nitrogens with two attached hydrogens (primary N) is 1. The second-order valence-electron chi connectivity index (χ2n) is 4.81. The summed E-state index contributed by atoms with van der Waals surface area (Å²) in [5, 5.41) is 5.30. The summed E-state index contributed by atoms with van der Waals surface area (Å²) in [7, 11) is 0. The number of alkyl halides is 3. The summed E-state index contributed by atoms with van der Waals surface area (Å²) < 4.78 is 40.0. The van der Waals surface area contributed by atoms with Crippen LogP contribution in [0.4, 0.5) is 24.5 Å². The minimum Gasteiger partial charge on any atom is -0.406 e. The molecule has 132 valence electrons. The van der Waals surface area contributed by atoms with Crippen LogP contribution in [-0.2, 0) is 4.79 Å². The average molecular weight is 352 g/mol. The van der Waals surface area contributed by atoms with E-state index >= 15 is 0 Å². The number of nitrogens with zero attached hydrogens (tertiary/aromatic N) is 1. The lowest BCUT2D eigenvalue weighted by atomic mass is 10.3. The summed E-state index contributed by atoms with van der Waals surface area (Å²) in [6.45, 7) is -0.205. The van der Waals surface area contributed by atoms with Crippen LogP contribution < -0.4 is 21.1 Å². The monoisotopic (exact) mass is 352 g/mol. The molecule has 2 aromatic carbocycles. The zero-order valence-electron chi connectivity index (χ0n) is 12.9. The normalized spacial score (nSPS) is 11.7. The number of amides is 1. The first kappa shape index (κ1) is 18.1. The van der Waals surface area contributed by atoms with Crippen LogP contribution in [-0.4, -0.2) is 24.8 Å². The first-order chi connectivity index (χ1) is 11.8. The first-order valence-corrected chi connectivity index (χ1v) is 7.09. The van der Waals surface area contributed by atoms with Crippen molar-refractivity contribution in [3.8, 4) is 5.75 Å². The van der Waals surface area contributed by atoms with Crippen molar-refractivity contribution in [2.24, 2.45) is 10.7 Å². The van der Waals surface area contributed by atoms with Crippen LogP contribution in [0, 0.1) is 0 Å². The smallest absolute Gasteiger partial charge is 0.406 e. The van der Waals surface area contributed by atoms with E-state index < -0.39 is 6.36 Å². The molecule has 2 aromatic rings. The number of carbonyl (C=O) groups excluding carboxylic acids is 1. The Morgan fingerprint density at radius 3 is 2.20 bits per heavy atom. The summed E-state index contributed by atoms with van der Waals surface area (Å²) in [5.41, 5.74) is 6.67. The molecule has 0 aromatic heterocycles. The molecule has 6 nitrogen and oxygen atoms in total. The van der Waals surface area contributed by atoms with Gasteiger partial charge < -0.3 is 21.1 Å². The average Bonchev–Trinajstić information content (AvgIpc) is 2.54. The molecule has 0 aliphatic heterocycles. The van der Waals surface area contributed by atoms with Crippen molar-refractivity contribution in [2.45, 2.75) is 6.36 Å². The van der Waals surface area contributed by atoms with E-state index in [1.54, 1.807) is 24.3 Å². The number of hydrogen-bond donors (Lipinski definition) is 3. The zero-order chi connectivity index (χ0) is 18.3. The molecule has 0 fully saturated rings. The lowest BCUT2D eigenvalue weighted by Crippen LogP contribution is -2.25. The Balaban J connectivity index is 1.85. The zero-order valence-corrected chi connectivity index (χ0v) is 12.9. The van der Waals surface area contributed by atoms with Crippen LogP contribution in [0.3, 0.4) is 0 Å². The van der Waals surface area contributed by atoms with Gasteiger partial charge in [0.2, 0.25) is 5.91 Å². The number of nitrogens with one attached hydrogen (secondary N) is 2. The number of ether oxygens (including phenoxy) is 1. The molecule has 0 spiro atoms. The van der Waals surface area contributed by atoms with Gasteiger partial charge in [-0.3, -0.25) is 4.79 Å². The van der Waals surface area contributed by atoms with Gasteiger partial charge in [0.15, 0.2) is 5.96 Å². The van der Waals surface area contributed by atoms with Crippen molar-refractivity contribution >= 4 is 23.2 Å². The molecule has 0 aliphatic rings. The molecule has 4 N–H and O–H groups in total. The van der Waals surface area contributed by atoms with Crippen LogP contribution in [0.25, 0.3) is 0 Å². The molecule has 0 saturated carbocycles. The topological polar surface area (TPSA) is 88.7 Å². The summed E-state index contributed by atoms with van der Waals surface area (Å²) in [6.07, 6.45) is -4.75. The van der Waals surface area contributed by atoms with Crippen LogP contribution in [0.2, 0.25) is 0 Å². The maximum atomic E-state index is 12.1. The number of aliphatic imine (C=N–C) groups is 1. The van der Waals surface area contributed by atoms with E-state index in [0.29, 0.717) is 11.4 Å². The number of para-hydroxylation sites is 1. The molecule has 0 saturated heterocycles. The lowest BCUT2D eigenvalue weighted by Gasteiger charge is -2.10. The maximum absolute atomic E-state index is 12.1. The molecule has 0 aliphatic carbocycles. The second-order valence-corrected chi connectivity index (χ2v) is 4.81. The standard InChI is InChI=1S/C16H15F3N4O2/c17-16(18,19)25-13-8-6-12(7-9-13)23-15(20)21-10-14(24)22-11-4-2-1-3-5-11/h1-9H,10H2,(H,22,24)(H3,20,21,23). The van der Waals surface area contributed by atoms with Gasteiger partial charge in [-0.05, 0) is 36.4 Å². The summed E-state index contributed by atoms with van der Waals surface area (Å²) in [4.78, 5) is 15.6. The number of rotatable bonds is 5. The Bertz CT molecular complexity index is 731. The van der Waals surface area contributed by atoms with E-state index in [4.69, 9.17) is 5.73 Å². The van der Waals surface area contributed by atoms with Crippen molar-refractivity contribution in [1.29, 1.82) is 0 Å². The highest BCUT2D eigenvalue weighted by molar-refractivity contribution is 5.97. The van der Waals surface area contributed by atoms with Gasteiger partial charge >= 0.3 is 6.36 Å². The van der Waals surface area contributed by atoms with Crippen LogP contribution in [0.5, 0.6) is 5.75 Å². The predicted molar refractivity (Wildman–Crippen MR) is 88.3 cm³/mol. The maximum Gasteiger partial charge on any atom is 0.573 e. The highest BCUT2D eigenvalue weighted by Gasteiger charge is 2.30. The van der Waals surface area contributed by atoms with Crippen molar-refractivity contribution in [3.05, 3.63) is 54.6 Å². The molecule has 1 amide bonds. The molecule has 0 unspecified atom stereocenters. The molecular formula is C16H15F3N4O2. The molecule has 25 heavy (non-hydrogen) atoms. The van der Waals surface area contributed by atoms with Gasteiger partial charge in [-0.15, -0.1) is 13.2 Å². The largest absolute Gasteiger partial charge is 0.573 e. The molecule has 0 atom stereocenters. The van der Waals surface area contributed by atoms with Gasteiger partial charge in [0, 0.05) is 11.4 Å². The SMILES string of the molecule is NC(=NCC(=O)Nc1ccccc1)Nc1ccc(OC(F)(F)F)cc1. The fraction of sp³-hybridized carbons (Fsp3) is 0.125. The number of guanidine groups is 1. The number of benzene rings is 2. The van der Waals surface area contributed by atoms with Crippen molar-refractivity contribution in [3.63, 3.8) is 0 Å². The molecule has 0 bridgehead atoms. The fourth-order valence-corrected chi connectivity index (χ4v) is 1.81. The van der Waals surface area contributed by atoms with Gasteiger partial charge in [-0.1, -0.05) is 18.2 Å². The first-order valence-electron chi connectivity index (χ1n) is 7.09. The Hall–Kier alpha value is -3.23. The fourth-order valence-electron chi connectivity index (χ4n) is 1.81. The Kier molecular flexibility index (Phi) is 5.83. The highest BCUT2D eigenvalue weighted by atomic mass is 19.4. The van der Waals surface area contributed by atoms with Crippen molar-refractivity contribution < 1.29 is 22.7 Å². The molecular weight excluding hydrogens is 337 g/mol. The van der Waals surface area contributed by atoms with E-state index in [9.17, 15) is 18.0 Å². The third-order valence-electron chi connectivity index (χ3n) is 2.81. The van der Waals surface area contributed by atoms with E-state index in [0.717, 1.165) is 12.1 Å². The number of carbonyl (C=O) groups is 1. The molecule has 0 heterocycles. The number of anilines is 2. The van der Waals surface area contributed by atoms with Crippen LogP contribution in [0.1, 0.15) is 0 Å². The third-order valence-corrected chi connectivity index (χ3v) is 2.81. The summed E-state index contributed by atoms with van der Waals surface area (Å²) >= 11 is 0. The van der Waals surface area contributed by atoms with Crippen molar-refractivity contribution in [1.82, 2.24) is 0 Å². The minimum absolute atomic E-state index is 0.0484. The Labute approximate surface area is 141 Å². The Morgan fingerprint density at radius 1 is 1.00 bits per heavy atom. The van der Waals surface area contributed by atoms with Crippen molar-refractivity contribution in [2.75, 3.05) is 17.2 Å². The summed E-state index contributed by atoms with van der Waals surface area (Å²) in [5.74, 6) is -0.756. The quantitative estimate of drug-likeness (QED) is 0.570. The van der Waals surface area contributed by atoms with Gasteiger partial charge in [-0.2, -0.15) is 0 Å². The minimum atomic E-state index is -4.75. The molecule has 2 rings (SSSR count). The van der Waals surface area contributed by atoms with Crippen LogP contribution >= 0.6 is 0 Å². The molecule has 0 radical (unpaired) electrons. The van der Waals surface area contributed by atoms with E-state index in [-0.39, 0.29) is 24.2 Å². The second kappa shape index (κ2) is 8.04. The van der Waals surface area contributed by atoms with E-state index in [1.807, 2.05) is 6.07 Å². The van der Waals surface area contributed by atoms with E-state index in [1.165, 1.54) is 12.1 Å². The predicted octanol–water partition coefficient (Wildman–Crippen LogP) is 2.95. The lowest BCUT2D eigenvalue weighted by molar-refractivity contribution is -0.274. The van der Waals surface area contributed by atoms with Crippen LogP contribution in [0.15, 0.2) is 59.6 Å². The summed E-state index contributed by atoms with van der Waals surface area (Å²) in [6, 6.07) is 13.8. The van der Waals surface area contributed by atoms with Gasteiger partial charge in [0.05, 0.1) is 0 Å². The number of halogens is 3. The van der Waals surface area contributed by atoms with Gasteiger partial charge in [0.1, 0.15) is 12.3 Å². The number of hydrogen-bond acceptors (Lipinski definition) is 3. The third kappa shape index (κ3) is 6.81. The highest BCUT2D eigenvalue weighted by Crippen LogP contribution is 2.23. The van der Waals surface area contributed by atoms with Gasteiger partial charge in [-0.25, -0.2) is 4.99 Å². The molecule has 9 heteroatoms. The Morgan fingerprint density at radius 2 is 1.60 bits per heavy atom.